The number of carbonyl (C=O) groups excluding carboxylic acids is 1. The van der Waals surface area contributed by atoms with E-state index in [4.69, 9.17) is 11.5 Å². The van der Waals surface area contributed by atoms with Crippen LogP contribution in [-0.4, -0.2) is 23.9 Å². The van der Waals surface area contributed by atoms with E-state index in [1.165, 1.54) is 6.07 Å². The van der Waals surface area contributed by atoms with E-state index in [1.807, 2.05) is 4.90 Å². The van der Waals surface area contributed by atoms with Crippen LogP contribution in [0.15, 0.2) is 18.2 Å². The van der Waals surface area contributed by atoms with Crippen molar-refractivity contribution < 1.29 is 9.72 Å². The minimum Gasteiger partial charge on any atom is -0.370 e. The lowest BCUT2D eigenvalue weighted by molar-refractivity contribution is -0.384. The van der Waals surface area contributed by atoms with Crippen LogP contribution in [0.5, 0.6) is 0 Å². The third-order valence-corrected chi connectivity index (χ3v) is 3.49. The van der Waals surface area contributed by atoms with Crippen molar-refractivity contribution in [1.29, 1.82) is 0 Å². The first-order valence-electron chi connectivity index (χ1n) is 6.56. The minimum absolute atomic E-state index is 0.0276. The van der Waals surface area contributed by atoms with Crippen molar-refractivity contribution >= 4 is 17.3 Å². The van der Waals surface area contributed by atoms with Crippen molar-refractivity contribution in [3.63, 3.8) is 0 Å². The van der Waals surface area contributed by atoms with Gasteiger partial charge < -0.3 is 16.4 Å². The van der Waals surface area contributed by atoms with E-state index in [0.717, 1.165) is 25.9 Å². The Kier molecular flexibility index (Phi) is 4.19. The molecule has 7 heteroatoms. The van der Waals surface area contributed by atoms with Gasteiger partial charge in [-0.05, 0) is 24.5 Å². The van der Waals surface area contributed by atoms with Crippen molar-refractivity contribution in [2.75, 3.05) is 18.0 Å². The summed E-state index contributed by atoms with van der Waals surface area (Å²) in [6.07, 6.45) is 2.06. The molecule has 1 heterocycles. The number of hydrogen-bond donors (Lipinski definition) is 2. The molecular weight excluding hydrogens is 260 g/mol. The molecule has 4 N–H and O–H groups in total. The van der Waals surface area contributed by atoms with Crippen LogP contribution in [0, 0.1) is 10.1 Å². The van der Waals surface area contributed by atoms with Crippen LogP contribution < -0.4 is 16.4 Å². The molecule has 108 valence electrons. The number of nitrogens with two attached hydrogens (primary N) is 2. The van der Waals surface area contributed by atoms with E-state index in [-0.39, 0.29) is 12.1 Å². The van der Waals surface area contributed by atoms with Gasteiger partial charge in [-0.15, -0.1) is 0 Å². The highest BCUT2D eigenvalue weighted by atomic mass is 16.6. The Bertz CT molecular complexity index is 526. The lowest BCUT2D eigenvalue weighted by Gasteiger charge is -2.19. The van der Waals surface area contributed by atoms with Crippen LogP contribution in [0.1, 0.15) is 30.9 Å². The summed E-state index contributed by atoms with van der Waals surface area (Å²) in [7, 11) is 0. The number of hydrogen-bond acceptors (Lipinski definition) is 5. The molecule has 0 saturated carbocycles. The van der Waals surface area contributed by atoms with Crippen LogP contribution in [-0.2, 0) is 4.79 Å². The Hall–Kier alpha value is -2.15. The molecule has 0 aromatic heterocycles. The second-order valence-corrected chi connectivity index (χ2v) is 4.98. The van der Waals surface area contributed by atoms with Crippen LogP contribution in [0.2, 0.25) is 0 Å². The van der Waals surface area contributed by atoms with Crippen molar-refractivity contribution in [3.05, 3.63) is 33.9 Å². The van der Waals surface area contributed by atoms with E-state index in [2.05, 4.69) is 0 Å². The summed E-state index contributed by atoms with van der Waals surface area (Å²) >= 11 is 0. The predicted octanol–water partition coefficient (Wildman–Crippen LogP) is 1.07. The average molecular weight is 278 g/mol. The second-order valence-electron chi connectivity index (χ2n) is 4.98. The molecule has 1 atom stereocenters. The van der Waals surface area contributed by atoms with Crippen LogP contribution in [0.4, 0.5) is 11.4 Å². The summed E-state index contributed by atoms with van der Waals surface area (Å²) in [5, 5.41) is 11.2. The summed E-state index contributed by atoms with van der Waals surface area (Å²) < 4.78 is 0. The highest BCUT2D eigenvalue weighted by Gasteiger charge is 2.23. The average Bonchev–Trinajstić information content (AvgIpc) is 2.90. The fraction of sp³-hybridized carbons (Fsp3) is 0.462. The van der Waals surface area contributed by atoms with E-state index in [1.54, 1.807) is 12.1 Å². The van der Waals surface area contributed by atoms with Gasteiger partial charge in [-0.2, -0.15) is 0 Å². The standard InChI is InChI=1S/C13H18N4O3/c14-10(8-13(15)18)9-3-4-11(12(7-9)17(19)20)16-5-1-2-6-16/h3-4,7,10H,1-2,5-6,8,14H2,(H2,15,18). The number of primary amides is 1. The normalized spacial score (nSPS) is 16.1. The summed E-state index contributed by atoms with van der Waals surface area (Å²) in [4.78, 5) is 23.7. The number of carbonyl (C=O) groups is 1. The summed E-state index contributed by atoms with van der Waals surface area (Å²) in [6, 6.07) is 4.27. The Morgan fingerprint density at radius 1 is 1.40 bits per heavy atom. The third kappa shape index (κ3) is 3.05. The molecule has 1 unspecified atom stereocenters. The van der Waals surface area contributed by atoms with Gasteiger partial charge in [0.05, 0.1) is 4.92 Å². The van der Waals surface area contributed by atoms with Gasteiger partial charge in [-0.1, -0.05) is 6.07 Å². The van der Waals surface area contributed by atoms with Gasteiger partial charge in [0.15, 0.2) is 0 Å². The van der Waals surface area contributed by atoms with Gasteiger partial charge in [0.25, 0.3) is 5.69 Å². The fourth-order valence-electron chi connectivity index (χ4n) is 2.48. The smallest absolute Gasteiger partial charge is 0.292 e. The lowest BCUT2D eigenvalue weighted by atomic mass is 10.0. The highest BCUT2D eigenvalue weighted by molar-refractivity contribution is 5.75. The Balaban J connectivity index is 2.31. The predicted molar refractivity (Wildman–Crippen MR) is 75.3 cm³/mol. The maximum atomic E-state index is 11.2. The molecule has 1 aliphatic heterocycles. The Morgan fingerprint density at radius 2 is 2.05 bits per heavy atom. The van der Waals surface area contributed by atoms with E-state index in [0.29, 0.717) is 11.3 Å². The SMILES string of the molecule is NC(=O)CC(N)c1ccc(N2CCCC2)c([N+](=O)[O-])c1. The number of rotatable bonds is 5. The van der Waals surface area contributed by atoms with Gasteiger partial charge in [-0.3, -0.25) is 14.9 Å². The maximum absolute atomic E-state index is 11.2. The molecule has 1 saturated heterocycles. The summed E-state index contributed by atoms with van der Waals surface area (Å²) in [5.41, 5.74) is 12.1. The van der Waals surface area contributed by atoms with Crippen molar-refractivity contribution in [1.82, 2.24) is 0 Å². The van der Waals surface area contributed by atoms with Gasteiger partial charge in [-0.25, -0.2) is 0 Å². The molecule has 0 radical (unpaired) electrons. The molecule has 1 aromatic rings. The topological polar surface area (TPSA) is 115 Å². The Morgan fingerprint density at radius 3 is 2.60 bits per heavy atom. The zero-order valence-corrected chi connectivity index (χ0v) is 11.1. The minimum atomic E-state index is -0.612. The van der Waals surface area contributed by atoms with Gasteiger partial charge >= 0.3 is 0 Å². The molecule has 1 fully saturated rings. The van der Waals surface area contributed by atoms with E-state index < -0.39 is 16.9 Å². The first kappa shape index (κ1) is 14.3. The quantitative estimate of drug-likeness (QED) is 0.617. The fourth-order valence-corrected chi connectivity index (χ4v) is 2.48. The third-order valence-electron chi connectivity index (χ3n) is 3.49. The molecule has 1 aliphatic rings. The van der Waals surface area contributed by atoms with Crippen LogP contribution >= 0.6 is 0 Å². The van der Waals surface area contributed by atoms with Crippen molar-refractivity contribution in [3.8, 4) is 0 Å². The summed E-state index contributed by atoms with van der Waals surface area (Å²) in [6.45, 7) is 1.65. The number of nitro groups is 1. The molecule has 0 aliphatic carbocycles. The second kappa shape index (κ2) is 5.87. The summed E-state index contributed by atoms with van der Waals surface area (Å²) in [5.74, 6) is -0.524. The van der Waals surface area contributed by atoms with Crippen molar-refractivity contribution in [2.45, 2.75) is 25.3 Å². The molecule has 0 spiro atoms. The molecule has 1 aromatic carbocycles. The van der Waals surface area contributed by atoms with Gasteiger partial charge in [0.2, 0.25) is 5.91 Å². The largest absolute Gasteiger partial charge is 0.370 e. The molecule has 0 bridgehead atoms. The monoisotopic (exact) mass is 278 g/mol. The van der Waals surface area contributed by atoms with E-state index >= 15 is 0 Å². The van der Waals surface area contributed by atoms with Gasteiger partial charge in [0, 0.05) is 31.6 Å². The first-order chi connectivity index (χ1) is 9.49. The number of nitro benzene ring substituents is 1. The molecule has 2 rings (SSSR count). The molecular formula is C13H18N4O3. The van der Waals surface area contributed by atoms with E-state index in [9.17, 15) is 14.9 Å². The molecule has 7 nitrogen and oxygen atoms in total. The lowest BCUT2D eigenvalue weighted by Crippen LogP contribution is -2.22. The highest BCUT2D eigenvalue weighted by Crippen LogP contribution is 2.33. The van der Waals surface area contributed by atoms with Crippen LogP contribution in [0.3, 0.4) is 0 Å². The molecule has 20 heavy (non-hydrogen) atoms. The first-order valence-corrected chi connectivity index (χ1v) is 6.56. The number of anilines is 1. The number of benzene rings is 1. The number of amides is 1. The van der Waals surface area contributed by atoms with Crippen molar-refractivity contribution in [2.24, 2.45) is 11.5 Å². The zero-order valence-electron chi connectivity index (χ0n) is 11.1. The number of nitrogens with zero attached hydrogens (tertiary/aromatic N) is 2. The Labute approximate surface area is 116 Å². The zero-order chi connectivity index (χ0) is 14.7. The maximum Gasteiger partial charge on any atom is 0.292 e. The van der Waals surface area contributed by atoms with Crippen LogP contribution in [0.25, 0.3) is 0 Å². The molecule has 1 amide bonds. The van der Waals surface area contributed by atoms with Gasteiger partial charge in [0.1, 0.15) is 5.69 Å².